The highest BCUT2D eigenvalue weighted by atomic mass is 19.4. The van der Waals surface area contributed by atoms with Gasteiger partial charge in [0.2, 0.25) is 0 Å². The first-order valence-corrected chi connectivity index (χ1v) is 10.4. The molecule has 5 heteroatoms. The number of Topliss-reactive ketones (excluding diaryl/α,β-unsaturated/α-hetero) is 1. The number of carbonyl (C=O) groups excluding carboxylic acids is 1. The Hall–Kier alpha value is -3.60. The predicted molar refractivity (Wildman–Crippen MR) is 120 cm³/mol. The number of alkyl halides is 3. The summed E-state index contributed by atoms with van der Waals surface area (Å²) >= 11 is 0. The fourth-order valence-corrected chi connectivity index (χ4v) is 3.78. The molecule has 0 heterocycles. The molecule has 1 aliphatic rings. The third-order valence-corrected chi connectivity index (χ3v) is 5.51. The molecule has 1 N–H and O–H groups in total. The van der Waals surface area contributed by atoms with Crippen molar-refractivity contribution in [3.63, 3.8) is 0 Å². The molecular formula is C27H22F3NO. The molecule has 0 aromatic heterocycles. The number of nitrogens with one attached hydrogen (secondary N) is 1. The normalized spacial score (nSPS) is 14.2. The molecule has 162 valence electrons. The number of allylic oxidation sites excluding steroid dienone is 3. The number of rotatable bonds is 6. The van der Waals surface area contributed by atoms with Crippen molar-refractivity contribution < 1.29 is 18.0 Å². The highest BCUT2D eigenvalue weighted by Crippen LogP contribution is 2.33. The zero-order valence-corrected chi connectivity index (χ0v) is 17.3. The van der Waals surface area contributed by atoms with Crippen LogP contribution in [0.2, 0.25) is 0 Å². The fourth-order valence-electron chi connectivity index (χ4n) is 3.78. The largest absolute Gasteiger partial charge is 0.416 e. The van der Waals surface area contributed by atoms with Gasteiger partial charge in [0.05, 0.1) is 5.56 Å². The maximum absolute atomic E-state index is 13.2. The van der Waals surface area contributed by atoms with Crippen LogP contribution in [0.15, 0.2) is 102 Å². The summed E-state index contributed by atoms with van der Waals surface area (Å²) in [4.78, 5) is 13.2. The van der Waals surface area contributed by atoms with Gasteiger partial charge in [-0.05, 0) is 47.8 Å². The minimum Gasteiger partial charge on any atom is -0.381 e. The molecular weight excluding hydrogens is 411 g/mol. The maximum atomic E-state index is 13.2. The molecule has 0 bridgehead atoms. The van der Waals surface area contributed by atoms with Gasteiger partial charge in [-0.15, -0.1) is 0 Å². The summed E-state index contributed by atoms with van der Waals surface area (Å²) < 4.78 is 38.7. The van der Waals surface area contributed by atoms with E-state index in [1.165, 1.54) is 12.1 Å². The number of hydrogen-bond acceptors (Lipinski definition) is 2. The minimum atomic E-state index is -4.43. The third kappa shape index (κ3) is 4.99. The van der Waals surface area contributed by atoms with Gasteiger partial charge in [-0.1, -0.05) is 72.8 Å². The lowest BCUT2D eigenvalue weighted by Gasteiger charge is -2.21. The van der Waals surface area contributed by atoms with E-state index in [0.29, 0.717) is 30.7 Å². The first kappa shape index (κ1) is 21.6. The molecule has 3 aromatic rings. The van der Waals surface area contributed by atoms with E-state index in [9.17, 15) is 18.0 Å². The molecule has 0 spiro atoms. The molecule has 2 nitrogen and oxygen atoms in total. The molecule has 0 saturated carbocycles. The Morgan fingerprint density at radius 3 is 2.06 bits per heavy atom. The number of benzene rings is 3. The van der Waals surface area contributed by atoms with E-state index in [1.54, 1.807) is 0 Å². The van der Waals surface area contributed by atoms with E-state index < -0.39 is 11.7 Å². The van der Waals surface area contributed by atoms with Crippen molar-refractivity contribution in [3.05, 3.63) is 125 Å². The second-order valence-electron chi connectivity index (χ2n) is 7.67. The van der Waals surface area contributed by atoms with E-state index >= 15 is 0 Å². The predicted octanol–water partition coefficient (Wildman–Crippen LogP) is 6.81. The Kier molecular flexibility index (Phi) is 6.26. The molecule has 32 heavy (non-hydrogen) atoms. The van der Waals surface area contributed by atoms with E-state index in [2.05, 4.69) is 5.32 Å². The monoisotopic (exact) mass is 433 g/mol. The van der Waals surface area contributed by atoms with E-state index in [0.717, 1.165) is 28.8 Å². The van der Waals surface area contributed by atoms with Gasteiger partial charge < -0.3 is 5.32 Å². The van der Waals surface area contributed by atoms with Crippen molar-refractivity contribution in [1.29, 1.82) is 0 Å². The number of halogens is 3. The molecule has 4 rings (SSSR count). The zero-order chi connectivity index (χ0) is 22.6. The van der Waals surface area contributed by atoms with Crippen molar-refractivity contribution in [2.45, 2.75) is 25.6 Å². The van der Waals surface area contributed by atoms with Gasteiger partial charge >= 0.3 is 6.18 Å². The maximum Gasteiger partial charge on any atom is 0.416 e. The van der Waals surface area contributed by atoms with Crippen LogP contribution in [0.4, 0.5) is 13.2 Å². The molecule has 0 fully saturated rings. The van der Waals surface area contributed by atoms with Crippen LogP contribution >= 0.6 is 0 Å². The summed E-state index contributed by atoms with van der Waals surface area (Å²) in [6.07, 6.45) is -1.25. The van der Waals surface area contributed by atoms with Gasteiger partial charge in [-0.25, -0.2) is 0 Å². The van der Waals surface area contributed by atoms with Gasteiger partial charge in [-0.2, -0.15) is 13.2 Å². The van der Waals surface area contributed by atoms with E-state index in [4.69, 9.17) is 0 Å². The van der Waals surface area contributed by atoms with Crippen LogP contribution < -0.4 is 5.32 Å². The third-order valence-electron chi connectivity index (χ3n) is 5.51. The standard InChI is InChI=1S/C27H22F3NO/c28-27(29,30)23-14-11-21(12-15-23)26(32)24-16-13-22(20-9-5-2-6-10-20)17-25(24)31-18-19-7-3-1-4-8-19/h1-12,14-15,17,31H,13,16,18H2. The lowest BCUT2D eigenvalue weighted by atomic mass is 9.87. The van der Waals surface area contributed by atoms with Crippen molar-refractivity contribution in [2.24, 2.45) is 0 Å². The Morgan fingerprint density at radius 2 is 1.44 bits per heavy atom. The molecule has 0 unspecified atom stereocenters. The van der Waals surface area contributed by atoms with Crippen LogP contribution in [0.5, 0.6) is 0 Å². The minimum absolute atomic E-state index is 0.252. The highest BCUT2D eigenvalue weighted by molar-refractivity contribution is 6.10. The molecule has 0 aliphatic heterocycles. The highest BCUT2D eigenvalue weighted by Gasteiger charge is 2.30. The van der Waals surface area contributed by atoms with Crippen molar-refractivity contribution in [3.8, 4) is 0 Å². The number of ketones is 1. The zero-order valence-electron chi connectivity index (χ0n) is 17.3. The summed E-state index contributed by atoms with van der Waals surface area (Å²) in [5.41, 5.74) is 4.06. The van der Waals surface area contributed by atoms with Crippen LogP contribution in [0.3, 0.4) is 0 Å². The van der Waals surface area contributed by atoms with Crippen LogP contribution in [-0.4, -0.2) is 5.78 Å². The SMILES string of the molecule is O=C(C1=C(NCc2ccccc2)C=C(c2ccccc2)CC1)c1ccc(C(F)(F)F)cc1. The summed E-state index contributed by atoms with van der Waals surface area (Å²) in [6, 6.07) is 24.2. The molecule has 0 amide bonds. The van der Waals surface area contributed by atoms with Crippen LogP contribution in [0.25, 0.3) is 5.57 Å². The van der Waals surface area contributed by atoms with Gasteiger partial charge in [0.1, 0.15) is 0 Å². The quantitative estimate of drug-likeness (QED) is 0.433. The Labute approximate surface area is 185 Å². The van der Waals surface area contributed by atoms with Crippen LogP contribution in [-0.2, 0) is 12.7 Å². The topological polar surface area (TPSA) is 29.1 Å². The summed E-state index contributed by atoms with van der Waals surface area (Å²) in [5.74, 6) is -0.252. The molecule has 3 aromatic carbocycles. The molecule has 0 radical (unpaired) electrons. The van der Waals surface area contributed by atoms with Crippen molar-refractivity contribution >= 4 is 11.4 Å². The van der Waals surface area contributed by atoms with Crippen molar-refractivity contribution in [2.75, 3.05) is 0 Å². The molecule has 0 atom stereocenters. The van der Waals surface area contributed by atoms with Gasteiger partial charge in [-0.3, -0.25) is 4.79 Å². The fraction of sp³-hybridized carbons (Fsp3) is 0.148. The number of carbonyl (C=O) groups is 1. The molecule has 1 aliphatic carbocycles. The first-order chi connectivity index (χ1) is 15.4. The summed E-state index contributed by atoms with van der Waals surface area (Å²) in [7, 11) is 0. The Morgan fingerprint density at radius 1 is 0.812 bits per heavy atom. The summed E-state index contributed by atoms with van der Waals surface area (Å²) in [6.45, 7) is 0.540. The average Bonchev–Trinajstić information content (AvgIpc) is 2.83. The Balaban J connectivity index is 1.66. The second-order valence-corrected chi connectivity index (χ2v) is 7.67. The van der Waals surface area contributed by atoms with Crippen LogP contribution in [0.1, 0.15) is 39.9 Å². The smallest absolute Gasteiger partial charge is 0.381 e. The van der Waals surface area contributed by atoms with Gasteiger partial charge in [0.25, 0.3) is 0 Å². The van der Waals surface area contributed by atoms with E-state index in [-0.39, 0.29) is 11.3 Å². The van der Waals surface area contributed by atoms with E-state index in [1.807, 2.05) is 66.7 Å². The lowest BCUT2D eigenvalue weighted by molar-refractivity contribution is -0.137. The average molecular weight is 433 g/mol. The Bertz CT molecular complexity index is 1150. The first-order valence-electron chi connectivity index (χ1n) is 10.4. The van der Waals surface area contributed by atoms with Crippen LogP contribution in [0, 0.1) is 0 Å². The second kappa shape index (κ2) is 9.27. The summed E-state index contributed by atoms with van der Waals surface area (Å²) in [5, 5.41) is 3.38. The lowest BCUT2D eigenvalue weighted by Crippen LogP contribution is -2.20. The van der Waals surface area contributed by atoms with Gasteiger partial charge in [0.15, 0.2) is 5.78 Å². The molecule has 0 saturated heterocycles. The number of hydrogen-bond donors (Lipinski definition) is 1. The van der Waals surface area contributed by atoms with Gasteiger partial charge in [0, 0.05) is 23.4 Å². The van der Waals surface area contributed by atoms with Crippen molar-refractivity contribution in [1.82, 2.24) is 5.32 Å².